The van der Waals surface area contributed by atoms with Crippen molar-refractivity contribution in [3.63, 3.8) is 0 Å². The Morgan fingerprint density at radius 3 is 2.60 bits per heavy atom. The molecule has 0 saturated carbocycles. The molecule has 0 saturated heterocycles. The Morgan fingerprint density at radius 1 is 1.20 bits per heavy atom. The van der Waals surface area contributed by atoms with Gasteiger partial charge in [0.1, 0.15) is 11.0 Å². The van der Waals surface area contributed by atoms with Crippen LogP contribution in [0.3, 0.4) is 0 Å². The number of rotatable bonds is 2. The third kappa shape index (κ3) is 3.20. The third-order valence-electron chi connectivity index (χ3n) is 2.55. The van der Waals surface area contributed by atoms with E-state index in [2.05, 4.69) is 10.3 Å². The molecule has 0 radical (unpaired) electrons. The van der Waals surface area contributed by atoms with Crippen LogP contribution in [-0.2, 0) is 0 Å². The lowest BCUT2D eigenvalue weighted by Gasteiger charge is -2.10. The van der Waals surface area contributed by atoms with Crippen LogP contribution in [0.5, 0.6) is 0 Å². The fourth-order valence-electron chi connectivity index (χ4n) is 1.51. The van der Waals surface area contributed by atoms with Gasteiger partial charge in [-0.05, 0) is 30.7 Å². The highest BCUT2D eigenvalue weighted by atomic mass is 35.5. The van der Waals surface area contributed by atoms with E-state index in [-0.39, 0.29) is 10.7 Å². The molecule has 0 fully saturated rings. The molecule has 2 rings (SSSR count). The zero-order valence-electron chi connectivity index (χ0n) is 10.2. The molecule has 0 bridgehead atoms. The standard InChI is InChI=1S/C13H8Cl3FN2O/c1-6-2-10(15)11(4-9(6)14)19-13(20)8-3-7(17)5-18-12(8)16/h2-5H,1H3,(H,19,20). The maximum Gasteiger partial charge on any atom is 0.258 e. The van der Waals surface area contributed by atoms with Crippen LogP contribution >= 0.6 is 34.8 Å². The second-order valence-corrected chi connectivity index (χ2v) is 5.20. The molecule has 0 unspecified atom stereocenters. The average molecular weight is 334 g/mol. The highest BCUT2D eigenvalue weighted by molar-refractivity contribution is 6.37. The summed E-state index contributed by atoms with van der Waals surface area (Å²) in [4.78, 5) is 15.6. The van der Waals surface area contributed by atoms with Crippen LogP contribution < -0.4 is 5.32 Å². The predicted molar refractivity (Wildman–Crippen MR) is 78.4 cm³/mol. The summed E-state index contributed by atoms with van der Waals surface area (Å²) < 4.78 is 13.1. The highest BCUT2D eigenvalue weighted by Crippen LogP contribution is 2.29. The first-order valence-corrected chi connectivity index (χ1v) is 6.60. The van der Waals surface area contributed by atoms with Crippen molar-refractivity contribution in [3.8, 4) is 0 Å². The molecule has 1 heterocycles. The molecule has 0 aliphatic carbocycles. The van der Waals surface area contributed by atoms with Crippen molar-refractivity contribution < 1.29 is 9.18 Å². The first-order chi connectivity index (χ1) is 9.38. The summed E-state index contributed by atoms with van der Waals surface area (Å²) in [7, 11) is 0. The molecule has 2 aromatic rings. The van der Waals surface area contributed by atoms with Gasteiger partial charge in [0, 0.05) is 5.02 Å². The smallest absolute Gasteiger partial charge is 0.258 e. The fourth-order valence-corrected chi connectivity index (χ4v) is 2.13. The van der Waals surface area contributed by atoms with Crippen LogP contribution in [-0.4, -0.2) is 10.9 Å². The number of pyridine rings is 1. The summed E-state index contributed by atoms with van der Waals surface area (Å²) in [6.45, 7) is 1.78. The number of aromatic nitrogens is 1. The van der Waals surface area contributed by atoms with Gasteiger partial charge in [0.25, 0.3) is 5.91 Å². The second kappa shape index (κ2) is 5.95. The van der Waals surface area contributed by atoms with Crippen molar-refractivity contribution in [1.29, 1.82) is 0 Å². The number of amides is 1. The van der Waals surface area contributed by atoms with Crippen LogP contribution in [0.2, 0.25) is 15.2 Å². The second-order valence-electron chi connectivity index (χ2n) is 4.03. The van der Waals surface area contributed by atoms with E-state index >= 15 is 0 Å². The summed E-state index contributed by atoms with van der Waals surface area (Å²) in [6, 6.07) is 4.12. The van der Waals surface area contributed by atoms with E-state index in [0.717, 1.165) is 17.8 Å². The Morgan fingerprint density at radius 2 is 1.90 bits per heavy atom. The zero-order chi connectivity index (χ0) is 14.9. The van der Waals surface area contributed by atoms with E-state index in [9.17, 15) is 9.18 Å². The van der Waals surface area contributed by atoms with Gasteiger partial charge in [0.05, 0.1) is 22.5 Å². The van der Waals surface area contributed by atoms with Gasteiger partial charge >= 0.3 is 0 Å². The monoisotopic (exact) mass is 332 g/mol. The number of hydrogen-bond acceptors (Lipinski definition) is 2. The van der Waals surface area contributed by atoms with E-state index < -0.39 is 11.7 Å². The molecule has 1 aromatic carbocycles. The SMILES string of the molecule is Cc1cc(Cl)c(NC(=O)c2cc(F)cnc2Cl)cc1Cl. The third-order valence-corrected chi connectivity index (χ3v) is 3.57. The summed E-state index contributed by atoms with van der Waals surface area (Å²) in [5, 5.41) is 3.19. The van der Waals surface area contributed by atoms with Crippen LogP contribution in [0.25, 0.3) is 0 Å². The van der Waals surface area contributed by atoms with Crippen LogP contribution in [0, 0.1) is 12.7 Å². The minimum atomic E-state index is -0.660. The van der Waals surface area contributed by atoms with E-state index in [1.54, 1.807) is 13.0 Å². The quantitative estimate of drug-likeness (QED) is 0.806. The van der Waals surface area contributed by atoms with Crippen molar-refractivity contribution in [1.82, 2.24) is 4.98 Å². The predicted octanol–water partition coefficient (Wildman–Crippen LogP) is 4.74. The van der Waals surface area contributed by atoms with Crippen LogP contribution in [0.4, 0.5) is 10.1 Å². The molecular formula is C13H8Cl3FN2O. The molecular weight excluding hydrogens is 326 g/mol. The van der Waals surface area contributed by atoms with Gasteiger partial charge in [-0.25, -0.2) is 9.37 Å². The van der Waals surface area contributed by atoms with Gasteiger partial charge in [-0.1, -0.05) is 34.8 Å². The Hall–Kier alpha value is -1.36. The molecule has 7 heteroatoms. The van der Waals surface area contributed by atoms with Crippen LogP contribution in [0.15, 0.2) is 24.4 Å². The summed E-state index contributed by atoms with van der Waals surface area (Å²) in [5.41, 5.74) is 1.01. The average Bonchev–Trinajstić information content (AvgIpc) is 2.38. The van der Waals surface area contributed by atoms with Crippen molar-refractivity contribution in [2.24, 2.45) is 0 Å². The first-order valence-electron chi connectivity index (χ1n) is 5.46. The molecule has 0 aliphatic heterocycles. The van der Waals surface area contributed by atoms with Gasteiger partial charge < -0.3 is 5.32 Å². The van der Waals surface area contributed by atoms with Gasteiger partial charge in [0.2, 0.25) is 0 Å². The van der Waals surface area contributed by atoms with Crippen molar-refractivity contribution >= 4 is 46.4 Å². The molecule has 0 spiro atoms. The Labute approximate surface area is 129 Å². The normalized spacial score (nSPS) is 10.4. The summed E-state index contributed by atoms with van der Waals surface area (Å²) >= 11 is 17.7. The summed E-state index contributed by atoms with van der Waals surface area (Å²) in [5.74, 6) is -1.28. The summed E-state index contributed by atoms with van der Waals surface area (Å²) in [6.07, 6.45) is 0.925. The number of carbonyl (C=O) groups is 1. The van der Waals surface area contributed by atoms with Crippen molar-refractivity contribution in [2.75, 3.05) is 5.32 Å². The topological polar surface area (TPSA) is 42.0 Å². The first kappa shape index (κ1) is 15.0. The number of aryl methyl sites for hydroxylation is 1. The maximum absolute atomic E-state index is 13.1. The minimum absolute atomic E-state index is 0.0839. The van der Waals surface area contributed by atoms with E-state index in [0.29, 0.717) is 15.7 Å². The minimum Gasteiger partial charge on any atom is -0.320 e. The van der Waals surface area contributed by atoms with Gasteiger partial charge in [-0.3, -0.25) is 4.79 Å². The molecule has 1 N–H and O–H groups in total. The largest absolute Gasteiger partial charge is 0.320 e. The van der Waals surface area contributed by atoms with Gasteiger partial charge in [-0.15, -0.1) is 0 Å². The lowest BCUT2D eigenvalue weighted by molar-refractivity contribution is 0.102. The molecule has 20 heavy (non-hydrogen) atoms. The molecule has 104 valence electrons. The molecule has 1 aromatic heterocycles. The maximum atomic E-state index is 13.1. The zero-order valence-corrected chi connectivity index (χ0v) is 12.4. The number of nitrogens with one attached hydrogen (secondary N) is 1. The Kier molecular flexibility index (Phi) is 4.48. The van der Waals surface area contributed by atoms with Crippen molar-refractivity contribution in [2.45, 2.75) is 6.92 Å². The lowest BCUT2D eigenvalue weighted by atomic mass is 10.2. The van der Waals surface area contributed by atoms with E-state index in [1.807, 2.05) is 0 Å². The number of hydrogen-bond donors (Lipinski definition) is 1. The molecule has 0 aliphatic rings. The van der Waals surface area contributed by atoms with E-state index in [1.165, 1.54) is 6.07 Å². The Balaban J connectivity index is 2.32. The number of anilines is 1. The Bertz CT molecular complexity index is 692. The van der Waals surface area contributed by atoms with Gasteiger partial charge in [-0.2, -0.15) is 0 Å². The number of nitrogens with zero attached hydrogens (tertiary/aromatic N) is 1. The highest BCUT2D eigenvalue weighted by Gasteiger charge is 2.15. The number of carbonyl (C=O) groups excluding carboxylic acids is 1. The van der Waals surface area contributed by atoms with Crippen LogP contribution in [0.1, 0.15) is 15.9 Å². The van der Waals surface area contributed by atoms with E-state index in [4.69, 9.17) is 34.8 Å². The lowest BCUT2D eigenvalue weighted by Crippen LogP contribution is -2.14. The molecule has 0 atom stereocenters. The fraction of sp³-hybridized carbons (Fsp3) is 0.0769. The molecule has 1 amide bonds. The van der Waals surface area contributed by atoms with Crippen molar-refractivity contribution in [3.05, 3.63) is 56.5 Å². The van der Waals surface area contributed by atoms with Gasteiger partial charge in [0.15, 0.2) is 0 Å². The molecule has 3 nitrogen and oxygen atoms in total. The number of halogens is 4. The number of benzene rings is 1.